The van der Waals surface area contributed by atoms with Crippen LogP contribution in [0.25, 0.3) is 6.08 Å². The van der Waals surface area contributed by atoms with E-state index in [1.165, 1.54) is 0 Å². The molecule has 0 aliphatic heterocycles. The Morgan fingerprint density at radius 1 is 1.43 bits per heavy atom. The second-order valence-electron chi connectivity index (χ2n) is 3.22. The van der Waals surface area contributed by atoms with E-state index in [0.717, 1.165) is 17.5 Å². The summed E-state index contributed by atoms with van der Waals surface area (Å²) in [6, 6.07) is 3.57. The minimum atomic E-state index is 0.495. The summed E-state index contributed by atoms with van der Waals surface area (Å²) in [5, 5.41) is 0. The summed E-state index contributed by atoms with van der Waals surface area (Å²) in [5.41, 5.74) is 8.44. The summed E-state index contributed by atoms with van der Waals surface area (Å²) in [6.45, 7) is 3.70. The largest absolute Gasteiger partial charge is 0.398 e. The highest BCUT2D eigenvalue weighted by atomic mass is 16.1. The molecule has 14 heavy (non-hydrogen) atoms. The number of carbonyl (C=O) groups excluding carboxylic acids is 1. The molecule has 1 rings (SSSR count). The Labute approximate surface area is 83.8 Å². The number of hydrogen-bond donors (Lipinski definition) is 1. The first-order valence-corrected chi connectivity index (χ1v) is 4.29. The Bertz CT molecular complexity index is 370. The molecule has 0 heterocycles. The first-order valence-electron chi connectivity index (χ1n) is 4.29. The van der Waals surface area contributed by atoms with Crippen LogP contribution in [-0.4, -0.2) is 20.4 Å². The average molecular weight is 190 g/mol. The van der Waals surface area contributed by atoms with E-state index in [0.29, 0.717) is 11.3 Å². The lowest BCUT2D eigenvalue weighted by Gasteiger charge is -2.19. The predicted molar refractivity (Wildman–Crippen MR) is 60.7 cm³/mol. The number of anilines is 2. The Hall–Kier alpha value is -1.77. The van der Waals surface area contributed by atoms with Gasteiger partial charge in [-0.15, -0.1) is 0 Å². The maximum absolute atomic E-state index is 10.9. The predicted octanol–water partition coefficient (Wildman–Crippen LogP) is 1.79. The number of benzene rings is 1. The monoisotopic (exact) mass is 190 g/mol. The van der Waals surface area contributed by atoms with Crippen molar-refractivity contribution in [2.24, 2.45) is 0 Å². The zero-order valence-electron chi connectivity index (χ0n) is 8.45. The Morgan fingerprint density at radius 2 is 2.07 bits per heavy atom. The van der Waals surface area contributed by atoms with Crippen LogP contribution in [0, 0.1) is 0 Å². The van der Waals surface area contributed by atoms with Crippen molar-refractivity contribution in [3.63, 3.8) is 0 Å². The van der Waals surface area contributed by atoms with E-state index >= 15 is 0 Å². The molecule has 0 aliphatic rings. The molecule has 1 aromatic carbocycles. The van der Waals surface area contributed by atoms with E-state index in [4.69, 9.17) is 5.73 Å². The minimum absolute atomic E-state index is 0.495. The number of carbonyl (C=O) groups is 1. The van der Waals surface area contributed by atoms with Crippen LogP contribution in [0.5, 0.6) is 0 Å². The Kier molecular flexibility index (Phi) is 2.92. The molecule has 0 unspecified atom stereocenters. The van der Waals surface area contributed by atoms with Crippen molar-refractivity contribution in [1.29, 1.82) is 0 Å². The lowest BCUT2D eigenvalue weighted by atomic mass is 10.1. The van der Waals surface area contributed by atoms with Crippen LogP contribution in [0.4, 0.5) is 11.4 Å². The fourth-order valence-electron chi connectivity index (χ4n) is 1.43. The fourth-order valence-corrected chi connectivity index (χ4v) is 1.43. The Balaban J connectivity index is 3.51. The van der Waals surface area contributed by atoms with E-state index in [-0.39, 0.29) is 0 Å². The van der Waals surface area contributed by atoms with E-state index in [1.54, 1.807) is 12.1 Å². The van der Waals surface area contributed by atoms with Gasteiger partial charge in [-0.3, -0.25) is 4.79 Å². The third kappa shape index (κ3) is 1.62. The maximum Gasteiger partial charge on any atom is 0.154 e. The molecule has 0 spiro atoms. The smallest absolute Gasteiger partial charge is 0.154 e. The van der Waals surface area contributed by atoms with Crippen LogP contribution in [0.15, 0.2) is 18.7 Å². The zero-order valence-corrected chi connectivity index (χ0v) is 8.45. The first kappa shape index (κ1) is 10.3. The van der Waals surface area contributed by atoms with Crippen molar-refractivity contribution < 1.29 is 4.79 Å². The van der Waals surface area contributed by atoms with Gasteiger partial charge in [-0.25, -0.2) is 0 Å². The summed E-state index contributed by atoms with van der Waals surface area (Å²) in [4.78, 5) is 12.7. The molecule has 0 bridgehead atoms. The van der Waals surface area contributed by atoms with Gasteiger partial charge in [-0.2, -0.15) is 0 Å². The quantitative estimate of drug-likeness (QED) is 0.584. The Morgan fingerprint density at radius 3 is 2.50 bits per heavy atom. The van der Waals surface area contributed by atoms with Crippen molar-refractivity contribution in [3.8, 4) is 0 Å². The van der Waals surface area contributed by atoms with Crippen molar-refractivity contribution in [2.75, 3.05) is 24.7 Å². The number of nitrogens with zero attached hydrogens (tertiary/aromatic N) is 1. The molecule has 0 aliphatic carbocycles. The number of rotatable bonds is 3. The summed E-state index contributed by atoms with van der Waals surface area (Å²) in [6.07, 6.45) is 2.49. The van der Waals surface area contributed by atoms with Crippen LogP contribution in [0.3, 0.4) is 0 Å². The summed E-state index contributed by atoms with van der Waals surface area (Å²) < 4.78 is 0. The molecule has 0 atom stereocenters. The highest BCUT2D eigenvalue weighted by Gasteiger charge is 2.10. The molecule has 3 heteroatoms. The van der Waals surface area contributed by atoms with E-state index in [2.05, 4.69) is 6.58 Å². The molecule has 2 N–H and O–H groups in total. The van der Waals surface area contributed by atoms with Gasteiger partial charge < -0.3 is 10.6 Å². The topological polar surface area (TPSA) is 46.3 Å². The molecular weight excluding hydrogens is 176 g/mol. The van der Waals surface area contributed by atoms with Gasteiger partial charge >= 0.3 is 0 Å². The molecule has 0 amide bonds. The van der Waals surface area contributed by atoms with Crippen molar-refractivity contribution in [3.05, 3.63) is 29.8 Å². The molecule has 0 saturated heterocycles. The number of nitrogens with two attached hydrogens (primary N) is 1. The highest BCUT2D eigenvalue weighted by molar-refractivity contribution is 5.94. The third-order valence-electron chi connectivity index (χ3n) is 2.07. The number of nitrogen functional groups attached to an aromatic ring is 1. The van der Waals surface area contributed by atoms with Crippen molar-refractivity contribution in [2.45, 2.75) is 0 Å². The average Bonchev–Trinajstić information content (AvgIpc) is 2.17. The van der Waals surface area contributed by atoms with E-state index in [9.17, 15) is 4.79 Å². The third-order valence-corrected chi connectivity index (χ3v) is 2.07. The van der Waals surface area contributed by atoms with Gasteiger partial charge in [0.25, 0.3) is 0 Å². The van der Waals surface area contributed by atoms with Crippen LogP contribution in [0.2, 0.25) is 0 Å². The standard InChI is InChI=1S/C11H14N2O/c1-4-8-5-6-10(12)9(7-14)11(8)13(2)3/h4-7H,1,12H2,2-3H3. The number of hydrogen-bond acceptors (Lipinski definition) is 3. The normalized spacial score (nSPS) is 9.57. The lowest BCUT2D eigenvalue weighted by molar-refractivity contribution is 0.112. The van der Waals surface area contributed by atoms with Crippen LogP contribution < -0.4 is 10.6 Å². The molecule has 3 nitrogen and oxygen atoms in total. The first-order chi connectivity index (χ1) is 6.61. The molecular formula is C11H14N2O. The molecule has 74 valence electrons. The van der Waals surface area contributed by atoms with Crippen LogP contribution in [-0.2, 0) is 0 Å². The van der Waals surface area contributed by atoms with Gasteiger partial charge in [0, 0.05) is 19.8 Å². The van der Waals surface area contributed by atoms with Gasteiger partial charge in [0.05, 0.1) is 11.3 Å². The van der Waals surface area contributed by atoms with Crippen molar-refractivity contribution in [1.82, 2.24) is 0 Å². The van der Waals surface area contributed by atoms with Gasteiger partial charge in [0.15, 0.2) is 6.29 Å². The van der Waals surface area contributed by atoms with Crippen LogP contribution >= 0.6 is 0 Å². The zero-order chi connectivity index (χ0) is 10.7. The highest BCUT2D eigenvalue weighted by Crippen LogP contribution is 2.28. The van der Waals surface area contributed by atoms with Gasteiger partial charge in [-0.1, -0.05) is 18.7 Å². The molecule has 0 aromatic heterocycles. The van der Waals surface area contributed by atoms with Crippen LogP contribution in [0.1, 0.15) is 15.9 Å². The second kappa shape index (κ2) is 3.96. The van der Waals surface area contributed by atoms with E-state index < -0.39 is 0 Å². The van der Waals surface area contributed by atoms with E-state index in [1.807, 2.05) is 25.1 Å². The van der Waals surface area contributed by atoms with Crippen molar-refractivity contribution >= 4 is 23.7 Å². The minimum Gasteiger partial charge on any atom is -0.398 e. The molecule has 0 radical (unpaired) electrons. The fraction of sp³-hybridized carbons (Fsp3) is 0.182. The summed E-state index contributed by atoms with van der Waals surface area (Å²) in [7, 11) is 3.74. The number of aldehydes is 1. The van der Waals surface area contributed by atoms with Gasteiger partial charge in [0.2, 0.25) is 0 Å². The molecule has 1 aromatic rings. The lowest BCUT2D eigenvalue weighted by Crippen LogP contribution is -2.14. The second-order valence-corrected chi connectivity index (χ2v) is 3.22. The van der Waals surface area contributed by atoms with Gasteiger partial charge in [-0.05, 0) is 11.6 Å². The molecule has 0 saturated carbocycles. The summed E-state index contributed by atoms with van der Waals surface area (Å²) >= 11 is 0. The molecule has 0 fully saturated rings. The SMILES string of the molecule is C=Cc1ccc(N)c(C=O)c1N(C)C. The maximum atomic E-state index is 10.9. The van der Waals surface area contributed by atoms with Gasteiger partial charge in [0.1, 0.15) is 0 Å². The summed E-state index contributed by atoms with van der Waals surface area (Å²) in [5.74, 6) is 0.